The second-order valence-corrected chi connectivity index (χ2v) is 27.7. The summed E-state index contributed by atoms with van der Waals surface area (Å²) in [6.45, 7) is 4.27. The molecule has 0 aliphatic rings. The Hall–Kier alpha value is -6.10. The van der Waals surface area contributed by atoms with E-state index in [2.05, 4.69) is 192 Å². The predicted octanol–water partition coefficient (Wildman–Crippen LogP) is 22.5. The quantitative estimate of drug-likeness (QED) is 0.0169. The van der Waals surface area contributed by atoms with Crippen LogP contribution in [-0.4, -0.2) is 96.7 Å². The minimum Gasteiger partial charge on any atom is -0.462 e. The Morgan fingerprint density at radius 3 is 0.817 bits per heavy atom. The van der Waals surface area contributed by atoms with Gasteiger partial charge in [-0.25, -0.2) is 9.13 Å². The summed E-state index contributed by atoms with van der Waals surface area (Å²) >= 11 is 0. The lowest BCUT2D eigenvalue weighted by atomic mass is 10.1. The zero-order valence-corrected chi connectivity index (χ0v) is 65.6. The van der Waals surface area contributed by atoms with Crippen molar-refractivity contribution >= 4 is 39.5 Å². The van der Waals surface area contributed by atoms with Crippen molar-refractivity contribution in [3.63, 3.8) is 0 Å². The molecule has 0 amide bonds. The molecule has 0 rings (SSSR count). The summed E-state index contributed by atoms with van der Waals surface area (Å²) in [5, 5.41) is 10.6. The van der Waals surface area contributed by atoms with Crippen molar-refractivity contribution in [2.75, 3.05) is 39.6 Å². The summed E-state index contributed by atoms with van der Waals surface area (Å²) in [7, 11) is -10.0. The molecule has 17 nitrogen and oxygen atoms in total. The zero-order chi connectivity index (χ0) is 76.0. The summed E-state index contributed by atoms with van der Waals surface area (Å²) in [6, 6.07) is 0. The van der Waals surface area contributed by atoms with E-state index >= 15 is 0 Å². The van der Waals surface area contributed by atoms with Crippen molar-refractivity contribution in [1.82, 2.24) is 0 Å². The maximum atomic E-state index is 13.1. The molecule has 0 saturated carbocycles. The first-order valence-corrected chi connectivity index (χ1v) is 41.7. The van der Waals surface area contributed by atoms with Crippen molar-refractivity contribution in [3.8, 4) is 0 Å². The highest BCUT2D eigenvalue weighted by Gasteiger charge is 2.30. The molecule has 0 fully saturated rings. The van der Waals surface area contributed by atoms with E-state index in [1.54, 1.807) is 0 Å². The number of phosphoric acid groups is 2. The van der Waals surface area contributed by atoms with Crippen LogP contribution in [0.4, 0.5) is 0 Å². The number of carbonyl (C=O) groups is 4. The van der Waals surface area contributed by atoms with Crippen molar-refractivity contribution in [2.45, 2.75) is 277 Å². The van der Waals surface area contributed by atoms with Crippen molar-refractivity contribution < 1.29 is 80.2 Å². The van der Waals surface area contributed by atoms with Crippen LogP contribution in [0.5, 0.6) is 0 Å². The number of phosphoric ester groups is 2. The molecule has 0 aliphatic heterocycles. The first-order chi connectivity index (χ1) is 50.7. The smallest absolute Gasteiger partial charge is 0.462 e. The van der Waals surface area contributed by atoms with E-state index in [4.69, 9.17) is 37.0 Å². The molecule has 0 aliphatic carbocycles. The van der Waals surface area contributed by atoms with Gasteiger partial charge in [-0.05, 0) is 173 Å². The second-order valence-electron chi connectivity index (χ2n) is 24.8. The molecule has 0 bridgehead atoms. The van der Waals surface area contributed by atoms with E-state index in [1.807, 2.05) is 30.4 Å². The van der Waals surface area contributed by atoms with Crippen molar-refractivity contribution in [3.05, 3.63) is 194 Å². The number of allylic oxidation sites excluding steroid dienone is 32. The fourth-order valence-electron chi connectivity index (χ4n) is 9.25. The van der Waals surface area contributed by atoms with Gasteiger partial charge in [0.2, 0.25) is 0 Å². The molecule has 0 spiro atoms. The van der Waals surface area contributed by atoms with E-state index in [1.165, 1.54) is 19.3 Å². The Morgan fingerprint density at radius 2 is 0.510 bits per heavy atom. The lowest BCUT2D eigenvalue weighted by Crippen LogP contribution is -2.30. The largest absolute Gasteiger partial charge is 0.472 e. The van der Waals surface area contributed by atoms with Gasteiger partial charge in [-0.3, -0.25) is 37.3 Å². The van der Waals surface area contributed by atoms with Crippen LogP contribution in [0, 0.1) is 0 Å². The molecule has 3 N–H and O–H groups in total. The Kier molecular flexibility index (Phi) is 70.7. The highest BCUT2D eigenvalue weighted by Crippen LogP contribution is 2.45. The minimum absolute atomic E-state index is 0.0207. The van der Waals surface area contributed by atoms with Crippen LogP contribution >= 0.6 is 15.6 Å². The molecule has 5 atom stereocenters. The van der Waals surface area contributed by atoms with Crippen molar-refractivity contribution in [2.24, 2.45) is 0 Å². The van der Waals surface area contributed by atoms with Crippen molar-refractivity contribution in [1.29, 1.82) is 0 Å². The van der Waals surface area contributed by atoms with Gasteiger partial charge in [-0.15, -0.1) is 0 Å². The van der Waals surface area contributed by atoms with E-state index in [9.17, 15) is 43.2 Å². The second kappa shape index (κ2) is 75.1. The summed E-state index contributed by atoms with van der Waals surface area (Å²) < 4.78 is 68.4. The maximum Gasteiger partial charge on any atom is 0.472 e. The van der Waals surface area contributed by atoms with Crippen LogP contribution in [0.1, 0.15) is 259 Å². The summed E-state index contributed by atoms with van der Waals surface area (Å²) in [4.78, 5) is 72.9. The molecular formula is C85H134O17P2. The van der Waals surface area contributed by atoms with Gasteiger partial charge in [0.15, 0.2) is 12.2 Å². The van der Waals surface area contributed by atoms with E-state index in [-0.39, 0.29) is 25.7 Å². The predicted molar refractivity (Wildman–Crippen MR) is 426 cm³/mol. The number of ether oxygens (including phenoxy) is 4. The molecular weight excluding hydrogens is 1350 g/mol. The number of hydrogen-bond acceptors (Lipinski definition) is 15. The number of esters is 4. The number of hydrogen-bond donors (Lipinski definition) is 3. The Morgan fingerprint density at radius 1 is 0.279 bits per heavy atom. The highest BCUT2D eigenvalue weighted by atomic mass is 31.2. The molecule has 104 heavy (non-hydrogen) atoms. The zero-order valence-electron chi connectivity index (χ0n) is 63.9. The molecule has 586 valence electrons. The minimum atomic E-state index is -5.01. The number of unbranched alkanes of at least 4 members (excludes halogenated alkanes) is 12. The third-order valence-electron chi connectivity index (χ3n) is 15.0. The van der Waals surface area contributed by atoms with Gasteiger partial charge in [0.1, 0.15) is 19.3 Å². The molecule has 0 aromatic carbocycles. The maximum absolute atomic E-state index is 13.1. The number of carbonyl (C=O) groups excluding carboxylic acids is 4. The van der Waals surface area contributed by atoms with Gasteiger partial charge < -0.3 is 33.8 Å². The monoisotopic (exact) mass is 1490 g/mol. The van der Waals surface area contributed by atoms with Gasteiger partial charge in [0, 0.05) is 25.7 Å². The summed E-state index contributed by atoms with van der Waals surface area (Å²) in [6.07, 6.45) is 91.5. The summed E-state index contributed by atoms with van der Waals surface area (Å²) in [5.74, 6) is -2.40. The van der Waals surface area contributed by atoms with Gasteiger partial charge in [-0.1, -0.05) is 254 Å². The molecule has 5 unspecified atom stereocenters. The first-order valence-electron chi connectivity index (χ1n) is 38.7. The Balaban J connectivity index is 5.53. The van der Waals surface area contributed by atoms with E-state index in [0.29, 0.717) is 44.9 Å². The highest BCUT2D eigenvalue weighted by molar-refractivity contribution is 7.47. The molecule has 0 aromatic rings. The van der Waals surface area contributed by atoms with Gasteiger partial charge in [0.25, 0.3) is 0 Å². The molecule has 19 heteroatoms. The lowest BCUT2D eigenvalue weighted by molar-refractivity contribution is -0.161. The topological polar surface area (TPSA) is 237 Å². The molecule has 0 heterocycles. The standard InChI is InChI=1S/C85H134O17P2/c1-5-9-13-17-21-25-29-33-37-39-43-45-49-53-57-61-65-69-82(87)95-75-80(101-84(89)71-67-63-59-55-51-47-41-35-31-27-23-19-15-11-7-3)77-99-103(91,92)97-73-79(86)74-98-104(93,94)100-78-81(102-85(90)72-68-64-60-56-52-48-42-36-32-28-24-20-16-12-8-4)76-96-83(88)70-66-62-58-54-50-46-44-40-38-34-30-26-22-18-14-10-6-2/h9-11,13-15,21-28,33-38,41-46,51,53-55,57-58,79-81,86H,5-8,12,16-20,29-32,39-40,47-50,52,56,59-78H2,1-4H3,(H,91,92)(H,93,94)/b13-9-,14-10-,15-11-,25-21-,26-22-,27-23-,28-24-,37-33-,38-34-,41-35-,42-36-,45-43-,46-44-,55-51-,57-53-,58-54-. The van der Waals surface area contributed by atoms with Crippen LogP contribution in [-0.2, 0) is 65.4 Å². The molecule has 0 saturated heterocycles. The fourth-order valence-corrected chi connectivity index (χ4v) is 10.8. The van der Waals surface area contributed by atoms with Gasteiger partial charge in [-0.2, -0.15) is 0 Å². The third-order valence-corrected chi connectivity index (χ3v) is 16.9. The molecule has 0 radical (unpaired) electrons. The van der Waals surface area contributed by atoms with E-state index < -0.39 is 97.5 Å². The normalized spacial score (nSPS) is 15.0. The van der Waals surface area contributed by atoms with Crippen LogP contribution in [0.3, 0.4) is 0 Å². The van der Waals surface area contributed by atoms with Crippen LogP contribution in [0.2, 0.25) is 0 Å². The summed E-state index contributed by atoms with van der Waals surface area (Å²) in [5.41, 5.74) is 0. The van der Waals surface area contributed by atoms with E-state index in [0.717, 1.165) is 141 Å². The van der Waals surface area contributed by atoms with Crippen LogP contribution in [0.15, 0.2) is 194 Å². The van der Waals surface area contributed by atoms with Crippen LogP contribution in [0.25, 0.3) is 0 Å². The Labute approximate surface area is 627 Å². The third kappa shape index (κ3) is 74.2. The SMILES string of the molecule is CC/C=C\C/C=C\C/C=C\C/C=C\C/C=C\CCCC(=O)OCC(COP(=O)(O)OCC(O)COP(=O)(O)OCC(COC(=O)CCC/C=C\C/C=C\C/C=C\C/C=C\C/C=C\CC)OC(=O)CCCCCCC/C=C\C/C=C\CCCCC)OC(=O)CCCC/C=C\C/C=C\C/C=C\C/C=C\CC. The average molecular weight is 1490 g/mol. The number of aliphatic hydroxyl groups is 1. The van der Waals surface area contributed by atoms with Gasteiger partial charge in [0.05, 0.1) is 26.4 Å². The Bertz CT molecular complexity index is 2740. The lowest BCUT2D eigenvalue weighted by Gasteiger charge is -2.21. The average Bonchev–Trinajstić information content (AvgIpc) is 0.937. The van der Waals surface area contributed by atoms with Crippen LogP contribution < -0.4 is 0 Å². The van der Waals surface area contributed by atoms with Gasteiger partial charge >= 0.3 is 39.5 Å². The number of aliphatic hydroxyl groups excluding tert-OH is 1. The number of rotatable bonds is 70. The fraction of sp³-hybridized carbons (Fsp3) is 0.576. The first kappa shape index (κ1) is 97.9. The molecule has 0 aromatic heterocycles.